The van der Waals surface area contributed by atoms with E-state index in [0.29, 0.717) is 6.61 Å². The number of ether oxygens (including phenoxy) is 1. The van der Waals surface area contributed by atoms with Crippen LogP contribution in [0.5, 0.6) is 5.75 Å². The van der Waals surface area contributed by atoms with Crippen molar-refractivity contribution in [1.82, 2.24) is 0 Å². The lowest BCUT2D eigenvalue weighted by Gasteiger charge is -2.27. The standard InChI is InChI=1S/C40H35NO/c1-2-42-40-24-14-13-23-39(40)41(37-29-25-35(26-30-37)21-11-9-19-33-15-5-3-6-16-33)38-31-27-36(28-32-38)22-12-10-20-34-17-7-4-8-18-34/h3-32H,2H2,1H3. The third-order valence-corrected chi connectivity index (χ3v) is 6.68. The van der Waals surface area contributed by atoms with Crippen molar-refractivity contribution in [1.29, 1.82) is 0 Å². The summed E-state index contributed by atoms with van der Waals surface area (Å²) < 4.78 is 6.03. The molecule has 0 saturated heterocycles. The van der Waals surface area contributed by atoms with Crippen molar-refractivity contribution in [3.8, 4) is 5.75 Å². The predicted molar refractivity (Wildman–Crippen MR) is 181 cm³/mol. The SMILES string of the molecule is CCOc1ccccc1N(c1ccc(C=CC=Cc2ccccc2)cc1)c1ccc(C=CC=Cc2ccccc2)cc1. The van der Waals surface area contributed by atoms with Crippen LogP contribution in [-0.2, 0) is 0 Å². The van der Waals surface area contributed by atoms with Crippen molar-refractivity contribution >= 4 is 41.4 Å². The number of para-hydroxylation sites is 2. The monoisotopic (exact) mass is 545 g/mol. The Labute approximate surface area is 249 Å². The molecule has 0 aliphatic carbocycles. The number of nitrogens with zero attached hydrogens (tertiary/aromatic N) is 1. The number of rotatable bonds is 11. The van der Waals surface area contributed by atoms with E-state index in [1.54, 1.807) is 0 Å². The summed E-state index contributed by atoms with van der Waals surface area (Å²) in [6.07, 6.45) is 16.7. The molecule has 0 aromatic heterocycles. The fraction of sp³-hybridized carbons (Fsp3) is 0.0500. The molecule has 0 aliphatic rings. The minimum absolute atomic E-state index is 0.602. The molecule has 42 heavy (non-hydrogen) atoms. The van der Waals surface area contributed by atoms with E-state index in [9.17, 15) is 0 Å². The zero-order valence-electron chi connectivity index (χ0n) is 23.9. The van der Waals surface area contributed by atoms with Gasteiger partial charge in [0.05, 0.1) is 12.3 Å². The van der Waals surface area contributed by atoms with E-state index in [0.717, 1.165) is 33.9 Å². The average Bonchev–Trinajstić information content (AvgIpc) is 3.05. The highest BCUT2D eigenvalue weighted by atomic mass is 16.5. The summed E-state index contributed by atoms with van der Waals surface area (Å²) in [4.78, 5) is 2.25. The maximum absolute atomic E-state index is 6.03. The van der Waals surface area contributed by atoms with E-state index < -0.39 is 0 Å². The molecule has 0 amide bonds. The highest BCUT2D eigenvalue weighted by molar-refractivity contribution is 5.81. The molecular weight excluding hydrogens is 510 g/mol. The average molecular weight is 546 g/mol. The first-order valence-electron chi connectivity index (χ1n) is 14.3. The van der Waals surface area contributed by atoms with Crippen LogP contribution in [0.3, 0.4) is 0 Å². The second-order valence-corrected chi connectivity index (χ2v) is 9.68. The van der Waals surface area contributed by atoms with Gasteiger partial charge in [0.15, 0.2) is 0 Å². The quantitative estimate of drug-likeness (QED) is 0.153. The first-order valence-corrected chi connectivity index (χ1v) is 14.3. The molecule has 5 rings (SSSR count). The van der Waals surface area contributed by atoms with Crippen LogP contribution in [0.4, 0.5) is 17.1 Å². The fourth-order valence-corrected chi connectivity index (χ4v) is 4.61. The summed E-state index contributed by atoms with van der Waals surface area (Å²) in [5, 5.41) is 0. The molecule has 0 atom stereocenters. The Morgan fingerprint density at radius 3 is 1.26 bits per heavy atom. The fourth-order valence-electron chi connectivity index (χ4n) is 4.61. The summed E-state index contributed by atoms with van der Waals surface area (Å²) in [6.45, 7) is 2.62. The highest BCUT2D eigenvalue weighted by Gasteiger charge is 2.16. The van der Waals surface area contributed by atoms with E-state index >= 15 is 0 Å². The van der Waals surface area contributed by atoms with Crippen LogP contribution >= 0.6 is 0 Å². The molecule has 0 radical (unpaired) electrons. The van der Waals surface area contributed by atoms with Gasteiger partial charge in [-0.05, 0) is 65.6 Å². The van der Waals surface area contributed by atoms with E-state index in [-0.39, 0.29) is 0 Å². The van der Waals surface area contributed by atoms with Crippen molar-refractivity contribution in [2.45, 2.75) is 6.92 Å². The Kier molecular flexibility index (Phi) is 9.99. The van der Waals surface area contributed by atoms with Gasteiger partial charge in [-0.25, -0.2) is 0 Å². The van der Waals surface area contributed by atoms with Crippen molar-refractivity contribution in [2.75, 3.05) is 11.5 Å². The lowest BCUT2D eigenvalue weighted by Crippen LogP contribution is -2.11. The van der Waals surface area contributed by atoms with Gasteiger partial charge in [-0.15, -0.1) is 0 Å². The van der Waals surface area contributed by atoms with Crippen molar-refractivity contribution in [3.05, 3.63) is 180 Å². The second-order valence-electron chi connectivity index (χ2n) is 9.68. The Morgan fingerprint density at radius 1 is 0.452 bits per heavy atom. The van der Waals surface area contributed by atoms with Gasteiger partial charge in [0.2, 0.25) is 0 Å². The summed E-state index contributed by atoms with van der Waals surface area (Å²) in [6, 6.07) is 46.1. The molecule has 5 aromatic carbocycles. The van der Waals surface area contributed by atoms with Crippen LogP contribution < -0.4 is 9.64 Å². The number of benzene rings is 5. The Bertz CT molecular complexity index is 1540. The Balaban J connectivity index is 1.37. The molecule has 0 heterocycles. The van der Waals surface area contributed by atoms with Gasteiger partial charge in [0.25, 0.3) is 0 Å². The van der Waals surface area contributed by atoms with Crippen LogP contribution in [0.25, 0.3) is 24.3 Å². The molecule has 2 nitrogen and oxygen atoms in total. The highest BCUT2D eigenvalue weighted by Crippen LogP contribution is 2.40. The van der Waals surface area contributed by atoms with Crippen LogP contribution in [-0.4, -0.2) is 6.61 Å². The van der Waals surface area contributed by atoms with Gasteiger partial charge in [0.1, 0.15) is 5.75 Å². The molecule has 0 spiro atoms. The van der Waals surface area contributed by atoms with E-state index in [2.05, 4.69) is 138 Å². The first-order chi connectivity index (χ1) is 20.8. The molecule has 0 bridgehead atoms. The minimum atomic E-state index is 0.602. The zero-order valence-corrected chi connectivity index (χ0v) is 23.9. The largest absolute Gasteiger partial charge is 0.492 e. The molecular formula is C40H35NO. The maximum atomic E-state index is 6.03. The third-order valence-electron chi connectivity index (χ3n) is 6.68. The Morgan fingerprint density at radius 2 is 0.833 bits per heavy atom. The summed E-state index contributed by atoms with van der Waals surface area (Å²) in [5.74, 6) is 0.852. The van der Waals surface area contributed by atoms with Gasteiger partial charge in [-0.1, -0.05) is 146 Å². The summed E-state index contributed by atoms with van der Waals surface area (Å²) in [7, 11) is 0. The zero-order chi connectivity index (χ0) is 28.8. The second kappa shape index (κ2) is 14.9. The van der Waals surface area contributed by atoms with Crippen molar-refractivity contribution in [2.24, 2.45) is 0 Å². The lowest BCUT2D eigenvalue weighted by molar-refractivity contribution is 0.341. The summed E-state index contributed by atoms with van der Waals surface area (Å²) >= 11 is 0. The smallest absolute Gasteiger partial charge is 0.143 e. The van der Waals surface area contributed by atoms with Crippen molar-refractivity contribution in [3.63, 3.8) is 0 Å². The van der Waals surface area contributed by atoms with E-state index in [4.69, 9.17) is 4.74 Å². The van der Waals surface area contributed by atoms with Crippen LogP contribution in [0.2, 0.25) is 0 Å². The van der Waals surface area contributed by atoms with E-state index in [1.807, 2.05) is 55.5 Å². The number of hydrogen-bond acceptors (Lipinski definition) is 2. The third kappa shape index (κ3) is 7.87. The van der Waals surface area contributed by atoms with Crippen LogP contribution in [0, 0.1) is 0 Å². The van der Waals surface area contributed by atoms with Gasteiger partial charge in [-0.2, -0.15) is 0 Å². The number of anilines is 3. The molecule has 0 fully saturated rings. The predicted octanol–water partition coefficient (Wildman–Crippen LogP) is 11.0. The molecule has 0 saturated carbocycles. The molecule has 2 heteroatoms. The summed E-state index contributed by atoms with van der Waals surface area (Å²) in [5.41, 5.74) is 7.78. The van der Waals surface area contributed by atoms with Crippen LogP contribution in [0.15, 0.2) is 158 Å². The maximum Gasteiger partial charge on any atom is 0.143 e. The molecule has 206 valence electrons. The number of allylic oxidation sites excluding steroid dienone is 4. The molecule has 5 aromatic rings. The van der Waals surface area contributed by atoms with Crippen LogP contribution in [0.1, 0.15) is 29.2 Å². The first kappa shape index (κ1) is 28.2. The lowest BCUT2D eigenvalue weighted by atomic mass is 10.1. The number of hydrogen-bond donors (Lipinski definition) is 0. The van der Waals surface area contributed by atoms with Gasteiger partial charge < -0.3 is 9.64 Å². The Hall–Kier alpha value is -5.34. The van der Waals surface area contributed by atoms with Crippen molar-refractivity contribution < 1.29 is 4.74 Å². The normalized spacial score (nSPS) is 11.6. The minimum Gasteiger partial charge on any atom is -0.492 e. The van der Waals surface area contributed by atoms with E-state index in [1.165, 1.54) is 11.1 Å². The molecule has 0 unspecified atom stereocenters. The van der Waals surface area contributed by atoms with Gasteiger partial charge >= 0.3 is 0 Å². The molecule has 0 N–H and O–H groups in total. The van der Waals surface area contributed by atoms with Gasteiger partial charge in [0, 0.05) is 11.4 Å². The van der Waals surface area contributed by atoms with Gasteiger partial charge in [-0.3, -0.25) is 0 Å². The topological polar surface area (TPSA) is 12.5 Å². The molecule has 0 aliphatic heterocycles.